The van der Waals surface area contributed by atoms with Gasteiger partial charge in [0, 0.05) is 12.2 Å². The molecule has 8 nitrogen and oxygen atoms in total. The summed E-state index contributed by atoms with van der Waals surface area (Å²) >= 11 is 6.10. The van der Waals surface area contributed by atoms with Crippen molar-refractivity contribution >= 4 is 44.8 Å². The van der Waals surface area contributed by atoms with Gasteiger partial charge in [-0.15, -0.1) is 0 Å². The molecule has 2 rings (SSSR count). The van der Waals surface area contributed by atoms with E-state index in [0.717, 1.165) is 4.90 Å². The number of halogens is 1. The Morgan fingerprint density at radius 3 is 2.60 bits per heavy atom. The monoisotopic (exact) mass is 389 g/mol. The van der Waals surface area contributed by atoms with Crippen molar-refractivity contribution in [2.45, 2.75) is 6.42 Å². The Bertz CT molecular complexity index is 767. The first-order chi connectivity index (χ1) is 11.7. The average Bonchev–Trinajstić information content (AvgIpc) is 2.87. The fraction of sp³-hybridized carbons (Fsp3) is 0.467. The molecule has 0 aliphatic carbocycles. The molecule has 1 fully saturated rings. The Balaban J connectivity index is 2.07. The summed E-state index contributed by atoms with van der Waals surface area (Å²) < 4.78 is 25.3. The lowest BCUT2D eigenvalue weighted by Crippen LogP contribution is -3.06. The van der Waals surface area contributed by atoms with Crippen molar-refractivity contribution in [3.8, 4) is 0 Å². The molecule has 0 unspecified atom stereocenters. The van der Waals surface area contributed by atoms with Crippen LogP contribution in [0.25, 0.3) is 0 Å². The van der Waals surface area contributed by atoms with Gasteiger partial charge in [-0.2, -0.15) is 0 Å². The molecular weight excluding hydrogens is 368 g/mol. The van der Waals surface area contributed by atoms with Crippen LogP contribution in [0.5, 0.6) is 0 Å². The highest BCUT2D eigenvalue weighted by molar-refractivity contribution is 7.93. The quantitative estimate of drug-likeness (QED) is 0.567. The number of hydrogen-bond donors (Lipinski definition) is 3. The summed E-state index contributed by atoms with van der Waals surface area (Å²) in [5.41, 5.74) is 0.605. The molecule has 1 aliphatic rings. The number of quaternary nitrogens is 1. The maximum Gasteiger partial charge on any atom is 0.313 e. The van der Waals surface area contributed by atoms with Gasteiger partial charge >= 0.3 is 11.8 Å². The number of anilines is 2. The van der Waals surface area contributed by atoms with Crippen LogP contribution in [0.15, 0.2) is 18.2 Å². The minimum Gasteiger partial charge on any atom is -0.342 e. The van der Waals surface area contributed by atoms with E-state index in [1.165, 1.54) is 22.5 Å². The van der Waals surface area contributed by atoms with Gasteiger partial charge in [0.25, 0.3) is 0 Å². The second-order valence-corrected chi connectivity index (χ2v) is 8.50. The smallest absolute Gasteiger partial charge is 0.313 e. The van der Waals surface area contributed by atoms with Crippen molar-refractivity contribution in [3.63, 3.8) is 0 Å². The first-order valence-corrected chi connectivity index (χ1v) is 9.87. The highest BCUT2D eigenvalue weighted by atomic mass is 35.5. The number of nitrogens with one attached hydrogen (secondary N) is 3. The van der Waals surface area contributed by atoms with Crippen LogP contribution in [-0.4, -0.2) is 59.7 Å². The van der Waals surface area contributed by atoms with Gasteiger partial charge in [-0.3, -0.25) is 13.9 Å². The fourth-order valence-corrected chi connectivity index (χ4v) is 4.23. The molecule has 1 saturated heterocycles. The van der Waals surface area contributed by atoms with E-state index in [2.05, 4.69) is 10.6 Å². The minimum absolute atomic E-state index is 0.0657. The molecule has 138 valence electrons. The van der Waals surface area contributed by atoms with Crippen molar-refractivity contribution in [2.75, 3.05) is 49.1 Å². The number of carbonyl (C=O) groups is 2. The lowest BCUT2D eigenvalue weighted by Gasteiger charge is -2.19. The van der Waals surface area contributed by atoms with Gasteiger partial charge in [0.05, 0.1) is 43.6 Å². The number of carbonyl (C=O) groups excluding carboxylic acids is 2. The van der Waals surface area contributed by atoms with Crippen LogP contribution in [0.4, 0.5) is 11.4 Å². The van der Waals surface area contributed by atoms with E-state index in [0.29, 0.717) is 37.4 Å². The number of hydrogen-bond acceptors (Lipinski definition) is 4. The van der Waals surface area contributed by atoms with Gasteiger partial charge < -0.3 is 15.5 Å². The molecular formula is C15H22ClN4O4S+. The number of likely N-dealkylation sites (N-methyl/N-ethyl adjacent to an activating group) is 1. The van der Waals surface area contributed by atoms with Crippen LogP contribution in [0, 0.1) is 0 Å². The predicted molar refractivity (Wildman–Crippen MR) is 96.5 cm³/mol. The normalized spacial score (nSPS) is 16.1. The van der Waals surface area contributed by atoms with E-state index in [-0.39, 0.29) is 10.8 Å². The van der Waals surface area contributed by atoms with E-state index in [4.69, 9.17) is 11.6 Å². The first-order valence-electron chi connectivity index (χ1n) is 7.89. The zero-order chi connectivity index (χ0) is 18.6. The van der Waals surface area contributed by atoms with Crippen molar-refractivity contribution < 1.29 is 22.9 Å². The van der Waals surface area contributed by atoms with Crippen LogP contribution < -0.4 is 19.8 Å². The van der Waals surface area contributed by atoms with Gasteiger partial charge in [0.1, 0.15) is 0 Å². The van der Waals surface area contributed by atoms with Crippen molar-refractivity contribution in [2.24, 2.45) is 0 Å². The number of rotatable bonds is 5. The number of benzene rings is 1. The lowest BCUT2D eigenvalue weighted by atomic mass is 10.2. The van der Waals surface area contributed by atoms with Crippen LogP contribution in [0.3, 0.4) is 0 Å². The molecule has 1 aromatic carbocycles. The molecule has 0 radical (unpaired) electrons. The van der Waals surface area contributed by atoms with E-state index in [1.54, 1.807) is 0 Å². The largest absolute Gasteiger partial charge is 0.342 e. The molecule has 0 bridgehead atoms. The molecule has 2 amide bonds. The summed E-state index contributed by atoms with van der Waals surface area (Å²) in [5, 5.41) is 5.25. The molecule has 1 aromatic rings. The van der Waals surface area contributed by atoms with Crippen LogP contribution in [-0.2, 0) is 19.6 Å². The number of amides is 2. The maximum absolute atomic E-state index is 12.0. The Morgan fingerprint density at radius 2 is 2.00 bits per heavy atom. The molecule has 0 saturated carbocycles. The van der Waals surface area contributed by atoms with Gasteiger partial charge in [-0.1, -0.05) is 11.6 Å². The Labute approximate surface area is 152 Å². The average molecular weight is 390 g/mol. The third kappa shape index (κ3) is 5.07. The second kappa shape index (κ2) is 8.03. The standard InChI is InChI=1S/C15H21ClN4O4S/c1-19(2)8-6-17-14(21)15(22)18-11-4-5-12(16)13(10-11)20-7-3-9-25(20,23)24/h4-5,10H,3,6-9H2,1-2H3,(H,17,21)(H,18,22)/p+1. The van der Waals surface area contributed by atoms with Crippen molar-refractivity contribution in [1.29, 1.82) is 0 Å². The van der Waals surface area contributed by atoms with E-state index >= 15 is 0 Å². The summed E-state index contributed by atoms with van der Waals surface area (Å²) in [6, 6.07) is 4.47. The van der Waals surface area contributed by atoms with E-state index in [1.807, 2.05) is 14.1 Å². The highest BCUT2D eigenvalue weighted by Crippen LogP contribution is 2.33. The topological polar surface area (TPSA) is 100 Å². The second-order valence-electron chi connectivity index (χ2n) is 6.08. The molecule has 0 aromatic heterocycles. The SMILES string of the molecule is C[NH+](C)CCNC(=O)C(=O)Nc1ccc(Cl)c(N2CCCS2(=O)=O)c1. The van der Waals surface area contributed by atoms with Crippen LogP contribution in [0.1, 0.15) is 6.42 Å². The third-order valence-electron chi connectivity index (χ3n) is 3.69. The number of nitrogens with zero attached hydrogens (tertiary/aromatic N) is 1. The number of sulfonamides is 1. The van der Waals surface area contributed by atoms with Crippen molar-refractivity contribution in [3.05, 3.63) is 23.2 Å². The van der Waals surface area contributed by atoms with Gasteiger partial charge in [-0.05, 0) is 24.6 Å². The summed E-state index contributed by atoms with van der Waals surface area (Å²) in [7, 11) is 0.487. The van der Waals surface area contributed by atoms with Crippen molar-refractivity contribution in [1.82, 2.24) is 5.32 Å². The molecule has 1 aliphatic heterocycles. The fourth-order valence-electron chi connectivity index (χ4n) is 2.39. The minimum atomic E-state index is -3.39. The molecule has 0 atom stereocenters. The van der Waals surface area contributed by atoms with Gasteiger partial charge in [0.15, 0.2) is 0 Å². The van der Waals surface area contributed by atoms with Gasteiger partial charge in [-0.25, -0.2) is 8.42 Å². The summed E-state index contributed by atoms with van der Waals surface area (Å²) in [6.07, 6.45) is 0.519. The molecule has 0 spiro atoms. The molecule has 1 heterocycles. The van der Waals surface area contributed by atoms with Crippen LogP contribution in [0.2, 0.25) is 5.02 Å². The molecule has 3 N–H and O–H groups in total. The zero-order valence-electron chi connectivity index (χ0n) is 14.1. The first kappa shape index (κ1) is 19.5. The Morgan fingerprint density at radius 1 is 1.28 bits per heavy atom. The third-order valence-corrected chi connectivity index (χ3v) is 5.86. The Kier molecular flexibility index (Phi) is 6.26. The van der Waals surface area contributed by atoms with E-state index < -0.39 is 21.8 Å². The molecule has 25 heavy (non-hydrogen) atoms. The zero-order valence-corrected chi connectivity index (χ0v) is 15.7. The maximum atomic E-state index is 12.0. The summed E-state index contributed by atoms with van der Waals surface area (Å²) in [4.78, 5) is 24.9. The Hall–Kier alpha value is -1.84. The predicted octanol–water partition coefficient (Wildman–Crippen LogP) is -0.921. The van der Waals surface area contributed by atoms with Crippen LogP contribution >= 0.6 is 11.6 Å². The molecule has 10 heteroatoms. The highest BCUT2D eigenvalue weighted by Gasteiger charge is 2.30. The van der Waals surface area contributed by atoms with E-state index in [9.17, 15) is 18.0 Å². The summed E-state index contributed by atoms with van der Waals surface area (Å²) in [5.74, 6) is -1.49. The van der Waals surface area contributed by atoms with Gasteiger partial charge in [0.2, 0.25) is 10.0 Å². The lowest BCUT2D eigenvalue weighted by molar-refractivity contribution is -0.856. The summed E-state index contributed by atoms with van der Waals surface area (Å²) in [6.45, 7) is 1.41.